The number of halogens is 1. The largest absolute Gasteiger partial charge is 0.434 e. The quantitative estimate of drug-likeness (QED) is 0.360. The molecule has 0 saturated heterocycles. The van der Waals surface area contributed by atoms with Gasteiger partial charge in [0.15, 0.2) is 0 Å². The molecule has 0 bridgehead atoms. The lowest BCUT2D eigenvalue weighted by atomic mass is 10.2. The zero-order valence-electron chi connectivity index (χ0n) is 5.97. The summed E-state index contributed by atoms with van der Waals surface area (Å²) in [5, 5.41) is -0.525. The van der Waals surface area contributed by atoms with Gasteiger partial charge < -0.3 is 4.74 Å². The third-order valence-corrected chi connectivity index (χ3v) is 1.39. The Kier molecular flexibility index (Phi) is 5.03. The molecule has 2 nitrogen and oxygen atoms in total. The van der Waals surface area contributed by atoms with Gasteiger partial charge in [0.1, 0.15) is 5.38 Å². The lowest BCUT2D eigenvalue weighted by molar-refractivity contribution is -0.137. The number of rotatable bonds is 4. The topological polar surface area (TPSA) is 26.3 Å². The second-order valence-corrected chi connectivity index (χ2v) is 2.39. The summed E-state index contributed by atoms with van der Waals surface area (Å²) < 4.78 is 4.45. The van der Waals surface area contributed by atoms with Crippen molar-refractivity contribution in [2.24, 2.45) is 0 Å². The zero-order chi connectivity index (χ0) is 7.98. The number of ether oxygens (including phenoxy) is 1. The molecule has 0 rings (SSSR count). The molecule has 0 saturated carbocycles. The van der Waals surface area contributed by atoms with E-state index in [2.05, 4.69) is 11.3 Å². The Labute approximate surface area is 65.8 Å². The Morgan fingerprint density at radius 3 is 2.90 bits per heavy atom. The first kappa shape index (κ1) is 9.50. The molecule has 3 heteroatoms. The third kappa shape index (κ3) is 3.51. The average molecular weight is 163 g/mol. The van der Waals surface area contributed by atoms with Crippen LogP contribution in [-0.4, -0.2) is 11.3 Å². The molecule has 1 unspecified atom stereocenters. The van der Waals surface area contributed by atoms with Crippen LogP contribution in [0.1, 0.15) is 19.8 Å². The number of esters is 1. The normalized spacial score (nSPS) is 12.2. The molecule has 0 heterocycles. The second-order valence-electron chi connectivity index (χ2n) is 1.86. The Morgan fingerprint density at radius 1 is 1.90 bits per heavy atom. The Morgan fingerprint density at radius 2 is 2.50 bits per heavy atom. The summed E-state index contributed by atoms with van der Waals surface area (Å²) in [7, 11) is 0. The maximum Gasteiger partial charge on any atom is 0.328 e. The van der Waals surface area contributed by atoms with Crippen molar-refractivity contribution < 1.29 is 9.53 Å². The Bertz CT molecular complexity index is 123. The van der Waals surface area contributed by atoms with Crippen molar-refractivity contribution in [1.29, 1.82) is 0 Å². The summed E-state index contributed by atoms with van der Waals surface area (Å²) in [5.41, 5.74) is 0. The van der Waals surface area contributed by atoms with E-state index in [1.165, 1.54) is 0 Å². The molecule has 0 fully saturated rings. The van der Waals surface area contributed by atoms with Crippen molar-refractivity contribution in [1.82, 2.24) is 0 Å². The Balaban J connectivity index is 3.58. The molecule has 0 radical (unpaired) electrons. The first-order valence-corrected chi connectivity index (χ1v) is 3.61. The van der Waals surface area contributed by atoms with E-state index in [-0.39, 0.29) is 0 Å². The van der Waals surface area contributed by atoms with Gasteiger partial charge >= 0.3 is 5.97 Å². The first-order valence-electron chi connectivity index (χ1n) is 3.17. The van der Waals surface area contributed by atoms with Gasteiger partial charge in [-0.05, 0) is 6.42 Å². The molecule has 0 aromatic rings. The molecule has 0 aliphatic carbocycles. The molecule has 0 amide bonds. The van der Waals surface area contributed by atoms with Crippen molar-refractivity contribution in [3.05, 3.63) is 12.8 Å². The molecule has 0 spiro atoms. The van der Waals surface area contributed by atoms with Crippen LogP contribution in [0.25, 0.3) is 0 Å². The molecule has 0 aliphatic rings. The zero-order valence-corrected chi connectivity index (χ0v) is 6.73. The van der Waals surface area contributed by atoms with Crippen molar-refractivity contribution in [2.45, 2.75) is 25.1 Å². The lowest BCUT2D eigenvalue weighted by Crippen LogP contribution is -2.14. The molecule has 0 aliphatic heterocycles. The SMILES string of the molecule is C=COC(=O)C(Cl)CCC. The van der Waals surface area contributed by atoms with Crippen LogP contribution in [0.5, 0.6) is 0 Å². The highest BCUT2D eigenvalue weighted by molar-refractivity contribution is 6.29. The van der Waals surface area contributed by atoms with Gasteiger partial charge in [-0.1, -0.05) is 19.9 Å². The van der Waals surface area contributed by atoms with Crippen LogP contribution in [0.4, 0.5) is 0 Å². The van der Waals surface area contributed by atoms with Gasteiger partial charge in [0.25, 0.3) is 0 Å². The van der Waals surface area contributed by atoms with E-state index < -0.39 is 11.3 Å². The maximum atomic E-state index is 10.7. The number of alkyl halides is 1. The summed E-state index contributed by atoms with van der Waals surface area (Å²) in [5.74, 6) is -0.418. The molecule has 0 N–H and O–H groups in total. The average Bonchev–Trinajstić information content (AvgIpc) is 1.89. The van der Waals surface area contributed by atoms with E-state index in [9.17, 15) is 4.79 Å². The fourth-order valence-electron chi connectivity index (χ4n) is 0.527. The second kappa shape index (κ2) is 5.30. The summed E-state index contributed by atoms with van der Waals surface area (Å²) in [6.07, 6.45) is 2.61. The van der Waals surface area contributed by atoms with E-state index in [4.69, 9.17) is 11.6 Å². The van der Waals surface area contributed by atoms with Gasteiger partial charge in [0, 0.05) is 0 Å². The smallest absolute Gasteiger partial charge is 0.328 e. The summed E-state index contributed by atoms with van der Waals surface area (Å²) in [6, 6.07) is 0. The van der Waals surface area contributed by atoms with Gasteiger partial charge in [-0.3, -0.25) is 4.79 Å². The number of carbonyl (C=O) groups excluding carboxylic acids is 1. The van der Waals surface area contributed by atoms with E-state index >= 15 is 0 Å². The van der Waals surface area contributed by atoms with Crippen LogP contribution in [-0.2, 0) is 9.53 Å². The van der Waals surface area contributed by atoms with Gasteiger partial charge in [-0.25, -0.2) is 0 Å². The van der Waals surface area contributed by atoms with E-state index in [0.717, 1.165) is 12.7 Å². The van der Waals surface area contributed by atoms with Crippen LogP contribution in [0, 0.1) is 0 Å². The van der Waals surface area contributed by atoms with Crippen molar-refractivity contribution in [3.63, 3.8) is 0 Å². The van der Waals surface area contributed by atoms with Gasteiger partial charge in [-0.15, -0.1) is 11.6 Å². The van der Waals surface area contributed by atoms with Gasteiger partial charge in [0.05, 0.1) is 6.26 Å². The van der Waals surface area contributed by atoms with Crippen LogP contribution in [0.3, 0.4) is 0 Å². The fourth-order valence-corrected chi connectivity index (χ4v) is 0.797. The highest BCUT2D eigenvalue weighted by Gasteiger charge is 2.13. The fraction of sp³-hybridized carbons (Fsp3) is 0.571. The van der Waals surface area contributed by atoms with Crippen molar-refractivity contribution in [3.8, 4) is 0 Å². The predicted octanol–water partition coefficient (Wildman–Crippen LogP) is 2.08. The molecular formula is C7H11ClO2. The number of hydrogen-bond donors (Lipinski definition) is 0. The van der Waals surface area contributed by atoms with Crippen molar-refractivity contribution >= 4 is 17.6 Å². The molecule has 0 aromatic heterocycles. The maximum absolute atomic E-state index is 10.7. The minimum Gasteiger partial charge on any atom is -0.434 e. The van der Waals surface area contributed by atoms with E-state index in [0.29, 0.717) is 6.42 Å². The number of hydrogen-bond acceptors (Lipinski definition) is 2. The standard InChI is InChI=1S/C7H11ClO2/c1-3-5-6(8)7(9)10-4-2/h4,6H,2-3,5H2,1H3. The molecule has 1 atom stereocenters. The minimum atomic E-state index is -0.525. The number of carbonyl (C=O) groups is 1. The van der Waals surface area contributed by atoms with Crippen LogP contribution < -0.4 is 0 Å². The van der Waals surface area contributed by atoms with E-state index in [1.807, 2.05) is 6.92 Å². The summed E-state index contributed by atoms with van der Waals surface area (Å²) >= 11 is 5.59. The highest BCUT2D eigenvalue weighted by atomic mass is 35.5. The summed E-state index contributed by atoms with van der Waals surface area (Å²) in [6.45, 7) is 5.20. The first-order chi connectivity index (χ1) is 4.72. The van der Waals surface area contributed by atoms with Crippen LogP contribution in [0.15, 0.2) is 12.8 Å². The molecule has 0 aromatic carbocycles. The lowest BCUT2D eigenvalue weighted by Gasteiger charge is -2.03. The summed E-state index contributed by atoms with van der Waals surface area (Å²) in [4.78, 5) is 10.7. The van der Waals surface area contributed by atoms with Crippen LogP contribution in [0.2, 0.25) is 0 Å². The highest BCUT2D eigenvalue weighted by Crippen LogP contribution is 2.06. The Hall–Kier alpha value is -0.500. The van der Waals surface area contributed by atoms with E-state index in [1.54, 1.807) is 0 Å². The van der Waals surface area contributed by atoms with Crippen molar-refractivity contribution in [2.75, 3.05) is 0 Å². The van der Waals surface area contributed by atoms with Gasteiger partial charge in [-0.2, -0.15) is 0 Å². The van der Waals surface area contributed by atoms with Gasteiger partial charge in [0.2, 0.25) is 0 Å². The third-order valence-electron chi connectivity index (χ3n) is 0.997. The predicted molar refractivity (Wildman–Crippen MR) is 40.8 cm³/mol. The monoisotopic (exact) mass is 162 g/mol. The molecule has 58 valence electrons. The minimum absolute atomic E-state index is 0.418. The molecular weight excluding hydrogens is 152 g/mol. The molecule has 10 heavy (non-hydrogen) atoms. The van der Waals surface area contributed by atoms with Crippen LogP contribution >= 0.6 is 11.6 Å².